The van der Waals surface area contributed by atoms with Crippen molar-refractivity contribution in [2.75, 3.05) is 56.5 Å². The van der Waals surface area contributed by atoms with Gasteiger partial charge < -0.3 is 15.1 Å². The molecule has 5 heteroatoms. The van der Waals surface area contributed by atoms with E-state index in [1.165, 1.54) is 11.3 Å². The van der Waals surface area contributed by atoms with Crippen molar-refractivity contribution in [1.82, 2.24) is 9.80 Å². The van der Waals surface area contributed by atoms with Gasteiger partial charge in [-0.25, -0.2) is 0 Å². The summed E-state index contributed by atoms with van der Waals surface area (Å²) in [5, 5.41) is 3.07. The van der Waals surface area contributed by atoms with Gasteiger partial charge in [0.05, 0.1) is 6.54 Å². The Labute approximate surface area is 168 Å². The van der Waals surface area contributed by atoms with Crippen LogP contribution in [-0.2, 0) is 11.3 Å². The van der Waals surface area contributed by atoms with Crippen molar-refractivity contribution in [3.63, 3.8) is 0 Å². The molecule has 0 bridgehead atoms. The molecule has 1 aliphatic heterocycles. The lowest BCUT2D eigenvalue weighted by molar-refractivity contribution is -0.117. The van der Waals surface area contributed by atoms with E-state index in [4.69, 9.17) is 0 Å². The van der Waals surface area contributed by atoms with Gasteiger partial charge in [-0.3, -0.25) is 9.69 Å². The minimum atomic E-state index is 0.0193. The number of nitrogens with one attached hydrogen (secondary N) is 1. The molecule has 28 heavy (non-hydrogen) atoms. The number of hydrogen-bond donors (Lipinski definition) is 1. The number of benzene rings is 2. The number of carbonyl (C=O) groups excluding carboxylic acids is 1. The molecule has 1 saturated heterocycles. The van der Waals surface area contributed by atoms with Gasteiger partial charge in [0.15, 0.2) is 0 Å². The summed E-state index contributed by atoms with van der Waals surface area (Å²) in [5.41, 5.74) is 4.46. The Bertz CT molecular complexity index is 769. The first-order valence-corrected chi connectivity index (χ1v) is 10.2. The van der Waals surface area contributed by atoms with E-state index in [9.17, 15) is 4.79 Å². The molecule has 0 saturated carbocycles. The van der Waals surface area contributed by atoms with Crippen LogP contribution in [0.4, 0.5) is 11.4 Å². The zero-order valence-corrected chi connectivity index (χ0v) is 17.3. The maximum absolute atomic E-state index is 12.5. The van der Waals surface area contributed by atoms with Gasteiger partial charge in [-0.2, -0.15) is 0 Å². The summed E-state index contributed by atoms with van der Waals surface area (Å²) in [7, 11) is 1.97. The van der Waals surface area contributed by atoms with Crippen molar-refractivity contribution in [1.29, 1.82) is 0 Å². The SMILES string of the molecule is CCN1CCN(c2ccc(NC(=O)CN(C)Cc3ccccc3)c(C)c2)CC1. The number of rotatable bonds is 7. The Balaban J connectivity index is 1.53. The fourth-order valence-corrected chi connectivity index (χ4v) is 3.69. The van der Waals surface area contributed by atoms with E-state index in [2.05, 4.69) is 53.2 Å². The molecule has 0 aliphatic carbocycles. The lowest BCUT2D eigenvalue weighted by Gasteiger charge is -2.35. The summed E-state index contributed by atoms with van der Waals surface area (Å²) in [6, 6.07) is 16.6. The smallest absolute Gasteiger partial charge is 0.238 e. The molecular weight excluding hydrogens is 348 g/mol. The first kappa shape index (κ1) is 20.4. The van der Waals surface area contributed by atoms with Crippen LogP contribution in [0.25, 0.3) is 0 Å². The zero-order chi connectivity index (χ0) is 19.9. The molecule has 2 aromatic carbocycles. The average molecular weight is 381 g/mol. The second kappa shape index (κ2) is 9.71. The van der Waals surface area contributed by atoms with Crippen LogP contribution in [0.2, 0.25) is 0 Å². The van der Waals surface area contributed by atoms with Crippen LogP contribution in [-0.4, -0.2) is 62.0 Å². The molecule has 0 radical (unpaired) electrons. The van der Waals surface area contributed by atoms with E-state index in [-0.39, 0.29) is 5.91 Å². The van der Waals surface area contributed by atoms with E-state index < -0.39 is 0 Å². The lowest BCUT2D eigenvalue weighted by Crippen LogP contribution is -2.46. The van der Waals surface area contributed by atoms with Gasteiger partial charge >= 0.3 is 0 Å². The number of aryl methyl sites for hydroxylation is 1. The summed E-state index contributed by atoms with van der Waals surface area (Å²) in [4.78, 5) is 19.4. The van der Waals surface area contributed by atoms with Crippen molar-refractivity contribution in [3.8, 4) is 0 Å². The summed E-state index contributed by atoms with van der Waals surface area (Å²) in [5.74, 6) is 0.0193. The minimum absolute atomic E-state index is 0.0193. The third-order valence-corrected chi connectivity index (χ3v) is 5.38. The predicted octanol–water partition coefficient (Wildman–Crippen LogP) is 3.21. The Kier molecular flexibility index (Phi) is 7.06. The van der Waals surface area contributed by atoms with Gasteiger partial charge in [0.2, 0.25) is 5.91 Å². The third-order valence-electron chi connectivity index (χ3n) is 5.38. The quantitative estimate of drug-likeness (QED) is 0.801. The molecule has 1 aliphatic rings. The van der Waals surface area contributed by atoms with Crippen molar-refractivity contribution >= 4 is 17.3 Å². The topological polar surface area (TPSA) is 38.8 Å². The van der Waals surface area contributed by atoms with Crippen molar-refractivity contribution in [3.05, 3.63) is 59.7 Å². The predicted molar refractivity (Wildman–Crippen MR) is 117 cm³/mol. The number of amides is 1. The second-order valence-corrected chi connectivity index (χ2v) is 7.63. The number of piperazine rings is 1. The molecule has 0 atom stereocenters. The van der Waals surface area contributed by atoms with Crippen LogP contribution in [0.1, 0.15) is 18.1 Å². The Hall–Kier alpha value is -2.37. The van der Waals surface area contributed by atoms with Crippen LogP contribution < -0.4 is 10.2 Å². The molecule has 0 aromatic heterocycles. The molecule has 2 aromatic rings. The van der Waals surface area contributed by atoms with Crippen LogP contribution in [0.3, 0.4) is 0 Å². The van der Waals surface area contributed by atoms with Gasteiger partial charge in [0.25, 0.3) is 0 Å². The highest BCUT2D eigenvalue weighted by molar-refractivity contribution is 5.93. The molecule has 0 spiro atoms. The fourth-order valence-electron chi connectivity index (χ4n) is 3.69. The second-order valence-electron chi connectivity index (χ2n) is 7.63. The lowest BCUT2D eigenvalue weighted by atomic mass is 10.1. The summed E-state index contributed by atoms with van der Waals surface area (Å²) >= 11 is 0. The molecule has 1 heterocycles. The van der Waals surface area contributed by atoms with E-state index in [1.807, 2.05) is 36.2 Å². The highest BCUT2D eigenvalue weighted by Crippen LogP contribution is 2.23. The first-order valence-electron chi connectivity index (χ1n) is 10.2. The van der Waals surface area contributed by atoms with Crippen molar-refractivity contribution < 1.29 is 4.79 Å². The van der Waals surface area contributed by atoms with E-state index >= 15 is 0 Å². The standard InChI is InChI=1S/C23H32N4O/c1-4-26-12-14-27(15-13-26)21-10-11-22(19(2)16-21)24-23(28)18-25(3)17-20-8-6-5-7-9-20/h5-11,16H,4,12-15,17-18H2,1-3H3,(H,24,28). The summed E-state index contributed by atoms with van der Waals surface area (Å²) in [6.45, 7) is 10.9. The molecule has 1 fully saturated rings. The molecule has 3 rings (SSSR count). The maximum Gasteiger partial charge on any atom is 0.238 e. The van der Waals surface area contributed by atoms with Crippen molar-refractivity contribution in [2.45, 2.75) is 20.4 Å². The largest absolute Gasteiger partial charge is 0.369 e. The number of hydrogen-bond acceptors (Lipinski definition) is 4. The number of nitrogens with zero attached hydrogens (tertiary/aromatic N) is 3. The molecule has 5 nitrogen and oxygen atoms in total. The summed E-state index contributed by atoms with van der Waals surface area (Å²) < 4.78 is 0. The summed E-state index contributed by atoms with van der Waals surface area (Å²) in [6.07, 6.45) is 0. The zero-order valence-electron chi connectivity index (χ0n) is 17.3. The average Bonchev–Trinajstić information content (AvgIpc) is 2.70. The van der Waals surface area contributed by atoms with Crippen LogP contribution >= 0.6 is 0 Å². The van der Waals surface area contributed by atoms with Gasteiger partial charge in [-0.15, -0.1) is 0 Å². The molecule has 0 unspecified atom stereocenters. The number of likely N-dealkylation sites (N-methyl/N-ethyl adjacent to an activating group) is 2. The monoisotopic (exact) mass is 380 g/mol. The van der Waals surface area contributed by atoms with Crippen LogP contribution in [0.5, 0.6) is 0 Å². The molecule has 1 N–H and O–H groups in total. The highest BCUT2D eigenvalue weighted by Gasteiger charge is 2.17. The molecule has 1 amide bonds. The number of anilines is 2. The van der Waals surface area contributed by atoms with E-state index in [0.29, 0.717) is 6.54 Å². The first-order chi connectivity index (χ1) is 13.5. The molecule has 150 valence electrons. The fraction of sp³-hybridized carbons (Fsp3) is 0.435. The van der Waals surface area contributed by atoms with E-state index in [0.717, 1.165) is 50.5 Å². The Morgan fingerprint density at radius 1 is 1.07 bits per heavy atom. The Morgan fingerprint density at radius 3 is 2.43 bits per heavy atom. The Morgan fingerprint density at radius 2 is 1.79 bits per heavy atom. The molecular formula is C23H32N4O. The van der Waals surface area contributed by atoms with Gasteiger partial charge in [-0.1, -0.05) is 37.3 Å². The normalized spacial score (nSPS) is 15.1. The van der Waals surface area contributed by atoms with Crippen LogP contribution in [0.15, 0.2) is 48.5 Å². The van der Waals surface area contributed by atoms with Crippen LogP contribution in [0, 0.1) is 6.92 Å². The third kappa shape index (κ3) is 5.57. The van der Waals surface area contributed by atoms with Gasteiger partial charge in [0.1, 0.15) is 0 Å². The minimum Gasteiger partial charge on any atom is -0.369 e. The van der Waals surface area contributed by atoms with Crippen molar-refractivity contribution in [2.24, 2.45) is 0 Å². The van der Waals surface area contributed by atoms with Gasteiger partial charge in [-0.05, 0) is 49.8 Å². The van der Waals surface area contributed by atoms with E-state index in [1.54, 1.807) is 0 Å². The number of carbonyl (C=O) groups is 1. The van der Waals surface area contributed by atoms with Gasteiger partial charge in [0, 0.05) is 44.1 Å². The maximum atomic E-state index is 12.5. The highest BCUT2D eigenvalue weighted by atomic mass is 16.2.